The van der Waals surface area contributed by atoms with Gasteiger partial charge in [0.25, 0.3) is 5.91 Å². The third-order valence-corrected chi connectivity index (χ3v) is 4.52. The summed E-state index contributed by atoms with van der Waals surface area (Å²) in [6.45, 7) is 3.29. The third kappa shape index (κ3) is 3.82. The van der Waals surface area contributed by atoms with Crippen LogP contribution in [0.3, 0.4) is 0 Å². The number of nitrogens with zero attached hydrogens (tertiary/aromatic N) is 4. The molecular formula is C14H19N5O4S. The van der Waals surface area contributed by atoms with Crippen LogP contribution in [0.1, 0.15) is 21.9 Å². The van der Waals surface area contributed by atoms with E-state index in [0.29, 0.717) is 25.3 Å². The normalized spacial score (nSPS) is 18.2. The summed E-state index contributed by atoms with van der Waals surface area (Å²) in [4.78, 5) is 14.3. The standard InChI is InChI=1S/C14H19N5O4S/c1-10-5-13(23-17-10)14(20)18-7-11(6-16-24(2,21)22)8-19-12(9-18)3-4-15-19/h3-5,11,16H,6-9H2,1-2H3. The minimum Gasteiger partial charge on any atom is -0.351 e. The van der Waals surface area contributed by atoms with Crippen LogP contribution in [0.25, 0.3) is 0 Å². The third-order valence-electron chi connectivity index (χ3n) is 3.83. The van der Waals surface area contributed by atoms with Gasteiger partial charge in [-0.15, -0.1) is 0 Å². The molecule has 0 spiro atoms. The van der Waals surface area contributed by atoms with Gasteiger partial charge in [-0.1, -0.05) is 5.16 Å². The number of rotatable bonds is 4. The number of amides is 1. The number of hydrogen-bond acceptors (Lipinski definition) is 6. The first-order chi connectivity index (χ1) is 11.3. The summed E-state index contributed by atoms with van der Waals surface area (Å²) in [5.41, 5.74) is 1.52. The zero-order valence-corrected chi connectivity index (χ0v) is 14.3. The number of carbonyl (C=O) groups is 1. The van der Waals surface area contributed by atoms with E-state index in [9.17, 15) is 13.2 Å². The summed E-state index contributed by atoms with van der Waals surface area (Å²) < 4.78 is 32.1. The van der Waals surface area contributed by atoms with E-state index < -0.39 is 10.0 Å². The second-order valence-electron chi connectivity index (χ2n) is 6.01. The van der Waals surface area contributed by atoms with Gasteiger partial charge in [0.2, 0.25) is 15.8 Å². The molecule has 0 fully saturated rings. The van der Waals surface area contributed by atoms with Gasteiger partial charge in [0.1, 0.15) is 0 Å². The molecule has 0 saturated carbocycles. The van der Waals surface area contributed by atoms with Crippen molar-refractivity contribution in [3.05, 3.63) is 35.5 Å². The molecule has 1 unspecified atom stereocenters. The molecule has 2 aromatic heterocycles. The lowest BCUT2D eigenvalue weighted by Crippen LogP contribution is -2.38. The van der Waals surface area contributed by atoms with E-state index in [0.717, 1.165) is 11.9 Å². The van der Waals surface area contributed by atoms with Gasteiger partial charge in [-0.25, -0.2) is 13.1 Å². The second-order valence-corrected chi connectivity index (χ2v) is 7.84. The molecule has 3 heterocycles. The molecule has 2 aromatic rings. The van der Waals surface area contributed by atoms with Crippen molar-refractivity contribution in [2.75, 3.05) is 19.3 Å². The number of aryl methyl sites for hydroxylation is 1. The first-order valence-electron chi connectivity index (χ1n) is 7.50. The quantitative estimate of drug-likeness (QED) is 0.828. The van der Waals surface area contributed by atoms with E-state index in [1.807, 2.05) is 6.07 Å². The van der Waals surface area contributed by atoms with Crippen LogP contribution in [-0.4, -0.2) is 53.5 Å². The van der Waals surface area contributed by atoms with Crippen molar-refractivity contribution < 1.29 is 17.7 Å². The van der Waals surface area contributed by atoms with Crippen molar-refractivity contribution in [1.82, 2.24) is 24.6 Å². The van der Waals surface area contributed by atoms with Crippen LogP contribution in [0.5, 0.6) is 0 Å². The number of nitrogens with one attached hydrogen (secondary N) is 1. The first kappa shape index (κ1) is 16.7. The van der Waals surface area contributed by atoms with Gasteiger partial charge in [-0.2, -0.15) is 5.10 Å². The molecule has 1 N–H and O–H groups in total. The molecule has 9 nitrogen and oxygen atoms in total. The summed E-state index contributed by atoms with van der Waals surface area (Å²) in [5.74, 6) is -0.196. The lowest BCUT2D eigenvalue weighted by molar-refractivity contribution is 0.0680. The molecule has 1 aliphatic rings. The molecule has 0 bridgehead atoms. The van der Waals surface area contributed by atoms with Gasteiger partial charge in [0.05, 0.1) is 24.2 Å². The Hall–Kier alpha value is -2.20. The van der Waals surface area contributed by atoms with Crippen LogP contribution in [0.2, 0.25) is 0 Å². The summed E-state index contributed by atoms with van der Waals surface area (Å²) in [6.07, 6.45) is 2.78. The molecule has 0 radical (unpaired) electrons. The maximum absolute atomic E-state index is 12.7. The van der Waals surface area contributed by atoms with Crippen LogP contribution in [0.4, 0.5) is 0 Å². The highest BCUT2D eigenvalue weighted by molar-refractivity contribution is 7.88. The first-order valence-corrected chi connectivity index (χ1v) is 9.39. The van der Waals surface area contributed by atoms with Crippen molar-refractivity contribution >= 4 is 15.9 Å². The highest BCUT2D eigenvalue weighted by atomic mass is 32.2. The molecule has 0 saturated heterocycles. The lowest BCUT2D eigenvalue weighted by Gasteiger charge is -2.23. The van der Waals surface area contributed by atoms with Crippen LogP contribution >= 0.6 is 0 Å². The van der Waals surface area contributed by atoms with E-state index in [2.05, 4.69) is 15.0 Å². The highest BCUT2D eigenvalue weighted by Gasteiger charge is 2.28. The predicted molar refractivity (Wildman–Crippen MR) is 84.5 cm³/mol. The summed E-state index contributed by atoms with van der Waals surface area (Å²) in [7, 11) is -3.30. The largest absolute Gasteiger partial charge is 0.351 e. The van der Waals surface area contributed by atoms with E-state index in [4.69, 9.17) is 4.52 Å². The summed E-state index contributed by atoms with van der Waals surface area (Å²) in [6, 6.07) is 3.44. The Morgan fingerprint density at radius 1 is 1.46 bits per heavy atom. The maximum atomic E-state index is 12.7. The average Bonchev–Trinajstić information content (AvgIpc) is 3.08. The fourth-order valence-corrected chi connectivity index (χ4v) is 3.24. The maximum Gasteiger partial charge on any atom is 0.292 e. The monoisotopic (exact) mass is 353 g/mol. The summed E-state index contributed by atoms with van der Waals surface area (Å²) in [5, 5.41) is 7.99. The minimum absolute atomic E-state index is 0.103. The Labute approximate surface area is 139 Å². The number of sulfonamides is 1. The zero-order chi connectivity index (χ0) is 17.3. The van der Waals surface area contributed by atoms with Crippen molar-refractivity contribution in [1.29, 1.82) is 0 Å². The molecule has 10 heteroatoms. The molecule has 24 heavy (non-hydrogen) atoms. The van der Waals surface area contributed by atoms with Crippen LogP contribution in [0, 0.1) is 12.8 Å². The molecule has 130 valence electrons. The van der Waals surface area contributed by atoms with E-state index >= 15 is 0 Å². The van der Waals surface area contributed by atoms with Gasteiger partial charge >= 0.3 is 0 Å². The Balaban J connectivity index is 1.82. The Bertz CT molecular complexity index is 841. The molecule has 0 aromatic carbocycles. The molecule has 3 rings (SSSR count). The SMILES string of the molecule is Cc1cc(C(=O)N2Cc3ccnn3CC(CNS(C)(=O)=O)C2)on1. The molecule has 1 aliphatic heterocycles. The number of fused-ring (bicyclic) bond motifs is 1. The van der Waals surface area contributed by atoms with Gasteiger partial charge in [-0.3, -0.25) is 9.48 Å². The molecule has 1 atom stereocenters. The molecule has 1 amide bonds. The fourth-order valence-electron chi connectivity index (χ4n) is 2.71. The Morgan fingerprint density at radius 3 is 2.92 bits per heavy atom. The predicted octanol–water partition coefficient (Wildman–Crippen LogP) is 0.000920. The van der Waals surface area contributed by atoms with E-state index in [-0.39, 0.29) is 24.1 Å². The molecular weight excluding hydrogens is 334 g/mol. The Morgan fingerprint density at radius 2 is 2.25 bits per heavy atom. The average molecular weight is 353 g/mol. The topological polar surface area (TPSA) is 110 Å². The van der Waals surface area contributed by atoms with Gasteiger partial charge in [0, 0.05) is 37.8 Å². The molecule has 0 aliphatic carbocycles. The van der Waals surface area contributed by atoms with Gasteiger partial charge in [-0.05, 0) is 13.0 Å². The minimum atomic E-state index is -3.30. The van der Waals surface area contributed by atoms with Crippen LogP contribution in [0.15, 0.2) is 22.9 Å². The number of hydrogen-bond donors (Lipinski definition) is 1. The Kier molecular flexibility index (Phi) is 4.41. The highest BCUT2D eigenvalue weighted by Crippen LogP contribution is 2.18. The van der Waals surface area contributed by atoms with Crippen molar-refractivity contribution in [2.45, 2.75) is 20.0 Å². The van der Waals surface area contributed by atoms with Crippen molar-refractivity contribution in [3.63, 3.8) is 0 Å². The van der Waals surface area contributed by atoms with Crippen molar-refractivity contribution in [2.24, 2.45) is 5.92 Å². The van der Waals surface area contributed by atoms with E-state index in [1.165, 1.54) is 0 Å². The number of carbonyl (C=O) groups excluding carboxylic acids is 1. The van der Waals surface area contributed by atoms with Crippen LogP contribution in [-0.2, 0) is 23.1 Å². The van der Waals surface area contributed by atoms with Crippen LogP contribution < -0.4 is 4.72 Å². The van der Waals surface area contributed by atoms with E-state index in [1.54, 1.807) is 28.8 Å². The lowest BCUT2D eigenvalue weighted by atomic mass is 10.1. The van der Waals surface area contributed by atoms with Gasteiger partial charge < -0.3 is 9.42 Å². The van der Waals surface area contributed by atoms with Crippen molar-refractivity contribution in [3.8, 4) is 0 Å². The smallest absolute Gasteiger partial charge is 0.292 e. The second kappa shape index (κ2) is 6.36. The summed E-state index contributed by atoms with van der Waals surface area (Å²) >= 11 is 0. The zero-order valence-electron chi connectivity index (χ0n) is 13.5. The number of aromatic nitrogens is 3. The fraction of sp³-hybridized carbons (Fsp3) is 0.500. The van der Waals surface area contributed by atoms with Gasteiger partial charge in [0.15, 0.2) is 0 Å².